The number of carbonyl (C=O) groups excluding carboxylic acids is 1. The summed E-state index contributed by atoms with van der Waals surface area (Å²) in [7, 11) is 0. The topological polar surface area (TPSA) is 106 Å². The van der Waals surface area contributed by atoms with Crippen LogP contribution in [-0.2, 0) is 11.3 Å². The predicted octanol–water partition coefficient (Wildman–Crippen LogP) is 1.82. The van der Waals surface area contributed by atoms with Crippen LogP contribution in [0.2, 0.25) is 0 Å². The van der Waals surface area contributed by atoms with Crippen LogP contribution in [0.3, 0.4) is 0 Å². The highest BCUT2D eigenvalue weighted by Gasteiger charge is 2.23. The second-order valence-corrected chi connectivity index (χ2v) is 6.18. The average Bonchev–Trinajstić information content (AvgIpc) is 3.03. The highest BCUT2D eigenvalue weighted by molar-refractivity contribution is 5.78. The summed E-state index contributed by atoms with van der Waals surface area (Å²) in [6, 6.07) is 2.11. The van der Waals surface area contributed by atoms with E-state index in [0.717, 1.165) is 18.5 Å². The van der Waals surface area contributed by atoms with Crippen molar-refractivity contribution in [2.75, 3.05) is 19.7 Å². The summed E-state index contributed by atoms with van der Waals surface area (Å²) < 4.78 is 10.2. The minimum absolute atomic E-state index is 0.209. The smallest absolute Gasteiger partial charge is 0.409 e. The van der Waals surface area contributed by atoms with Gasteiger partial charge in [0.25, 0.3) is 0 Å². The number of nitrogens with two attached hydrogens (primary N) is 1. The molecule has 1 saturated heterocycles. The molecule has 0 spiro atoms. The third-order valence-corrected chi connectivity index (χ3v) is 3.95. The van der Waals surface area contributed by atoms with Crippen molar-refractivity contribution in [2.45, 2.75) is 52.1 Å². The van der Waals surface area contributed by atoms with Crippen LogP contribution >= 0.6 is 0 Å². The van der Waals surface area contributed by atoms with Gasteiger partial charge < -0.3 is 25.2 Å². The van der Waals surface area contributed by atoms with Crippen molar-refractivity contribution in [3.63, 3.8) is 0 Å². The monoisotopic (exact) mass is 337 g/mol. The van der Waals surface area contributed by atoms with Crippen LogP contribution in [0, 0.1) is 0 Å². The number of carbonyl (C=O) groups is 1. The number of likely N-dealkylation sites (tertiary alicyclic amines) is 1. The maximum Gasteiger partial charge on any atom is 0.409 e. The van der Waals surface area contributed by atoms with E-state index in [1.807, 2.05) is 13.0 Å². The van der Waals surface area contributed by atoms with Gasteiger partial charge in [0.15, 0.2) is 11.7 Å². The Morgan fingerprint density at radius 3 is 2.83 bits per heavy atom. The standard InChI is InChI=1S/C16H27N5O3/c1-4-23-16(22)21-7-5-12(6-8-21)19-15(17)18-10-13-9-14(11(2)3)20-24-13/h9,11-12H,4-8,10H2,1-3H3,(H3,17,18,19). The van der Waals surface area contributed by atoms with Crippen molar-refractivity contribution in [3.05, 3.63) is 17.5 Å². The molecule has 1 amide bonds. The van der Waals surface area contributed by atoms with Crippen LogP contribution in [0.5, 0.6) is 0 Å². The van der Waals surface area contributed by atoms with Gasteiger partial charge >= 0.3 is 6.09 Å². The number of hydrogen-bond donors (Lipinski definition) is 2. The van der Waals surface area contributed by atoms with Crippen LogP contribution < -0.4 is 11.1 Å². The number of hydrogen-bond acceptors (Lipinski definition) is 5. The van der Waals surface area contributed by atoms with Gasteiger partial charge in [0.2, 0.25) is 0 Å². The van der Waals surface area contributed by atoms with Crippen LogP contribution in [0.4, 0.5) is 4.79 Å². The van der Waals surface area contributed by atoms with Gasteiger partial charge in [0.1, 0.15) is 6.54 Å². The maximum atomic E-state index is 11.7. The Kier molecular flexibility index (Phi) is 6.45. The van der Waals surface area contributed by atoms with Gasteiger partial charge in [-0.25, -0.2) is 9.79 Å². The first-order chi connectivity index (χ1) is 11.5. The quantitative estimate of drug-likeness (QED) is 0.627. The van der Waals surface area contributed by atoms with Gasteiger partial charge in [-0.1, -0.05) is 19.0 Å². The molecule has 1 aromatic rings. The fourth-order valence-corrected chi connectivity index (χ4v) is 2.51. The lowest BCUT2D eigenvalue weighted by Gasteiger charge is -2.31. The summed E-state index contributed by atoms with van der Waals surface area (Å²) in [5.74, 6) is 1.40. The van der Waals surface area contributed by atoms with E-state index >= 15 is 0 Å². The predicted molar refractivity (Wildman–Crippen MR) is 90.7 cm³/mol. The van der Waals surface area contributed by atoms with Crippen molar-refractivity contribution in [1.82, 2.24) is 15.4 Å². The molecule has 0 atom stereocenters. The normalized spacial score (nSPS) is 16.5. The Morgan fingerprint density at radius 2 is 2.25 bits per heavy atom. The van der Waals surface area contributed by atoms with Crippen molar-refractivity contribution < 1.29 is 14.1 Å². The minimum atomic E-state index is -0.246. The van der Waals surface area contributed by atoms with Gasteiger partial charge in [-0.15, -0.1) is 0 Å². The van der Waals surface area contributed by atoms with E-state index in [-0.39, 0.29) is 12.1 Å². The first kappa shape index (κ1) is 18.1. The summed E-state index contributed by atoms with van der Waals surface area (Å²) in [5.41, 5.74) is 6.85. The van der Waals surface area contributed by atoms with Crippen LogP contribution in [0.25, 0.3) is 0 Å². The highest BCUT2D eigenvalue weighted by atomic mass is 16.6. The number of aliphatic imine (C=N–C) groups is 1. The number of nitrogens with one attached hydrogen (secondary N) is 1. The molecule has 1 fully saturated rings. The molecule has 2 rings (SSSR count). The molecular formula is C16H27N5O3. The Hall–Kier alpha value is -2.25. The lowest BCUT2D eigenvalue weighted by molar-refractivity contribution is 0.0963. The number of piperidine rings is 1. The molecule has 0 radical (unpaired) electrons. The number of amides is 1. The zero-order valence-electron chi connectivity index (χ0n) is 14.6. The fraction of sp³-hybridized carbons (Fsp3) is 0.688. The lowest BCUT2D eigenvalue weighted by atomic mass is 10.1. The van der Waals surface area contributed by atoms with Gasteiger partial charge in [0.05, 0.1) is 12.3 Å². The SMILES string of the molecule is CCOC(=O)N1CCC(NC(N)=NCc2cc(C(C)C)no2)CC1. The molecule has 0 bridgehead atoms. The van der Waals surface area contributed by atoms with Gasteiger partial charge in [-0.05, 0) is 25.7 Å². The van der Waals surface area contributed by atoms with E-state index < -0.39 is 0 Å². The van der Waals surface area contributed by atoms with E-state index in [9.17, 15) is 4.79 Å². The fourth-order valence-electron chi connectivity index (χ4n) is 2.51. The highest BCUT2D eigenvalue weighted by Crippen LogP contribution is 2.15. The molecule has 134 valence electrons. The molecule has 2 heterocycles. The van der Waals surface area contributed by atoms with E-state index in [1.165, 1.54) is 0 Å². The third-order valence-electron chi connectivity index (χ3n) is 3.95. The number of rotatable bonds is 5. The Balaban J connectivity index is 1.76. The van der Waals surface area contributed by atoms with Gasteiger partial charge in [0, 0.05) is 25.2 Å². The molecule has 1 aliphatic rings. The Morgan fingerprint density at radius 1 is 1.54 bits per heavy atom. The van der Waals surface area contributed by atoms with Gasteiger partial charge in [-0.3, -0.25) is 0 Å². The molecule has 8 nitrogen and oxygen atoms in total. The van der Waals surface area contributed by atoms with Crippen molar-refractivity contribution >= 4 is 12.1 Å². The molecular weight excluding hydrogens is 310 g/mol. The molecule has 1 aliphatic heterocycles. The third kappa shape index (κ3) is 5.14. The molecule has 24 heavy (non-hydrogen) atoms. The lowest BCUT2D eigenvalue weighted by Crippen LogP contribution is -2.48. The average molecular weight is 337 g/mol. The second-order valence-electron chi connectivity index (χ2n) is 6.18. The first-order valence-corrected chi connectivity index (χ1v) is 8.43. The zero-order chi connectivity index (χ0) is 17.5. The summed E-state index contributed by atoms with van der Waals surface area (Å²) in [5, 5.41) is 7.19. The van der Waals surface area contributed by atoms with E-state index in [1.54, 1.807) is 4.90 Å². The molecule has 0 unspecified atom stereocenters. The van der Waals surface area contributed by atoms with Gasteiger partial charge in [-0.2, -0.15) is 0 Å². The van der Waals surface area contributed by atoms with E-state index in [4.69, 9.17) is 15.0 Å². The first-order valence-electron chi connectivity index (χ1n) is 8.43. The number of ether oxygens (including phenoxy) is 1. The molecule has 0 aliphatic carbocycles. The van der Waals surface area contributed by atoms with Crippen molar-refractivity contribution in [1.29, 1.82) is 0 Å². The van der Waals surface area contributed by atoms with Crippen LogP contribution in [0.1, 0.15) is 51.0 Å². The van der Waals surface area contributed by atoms with Crippen LogP contribution in [0.15, 0.2) is 15.6 Å². The largest absolute Gasteiger partial charge is 0.450 e. The van der Waals surface area contributed by atoms with E-state index in [2.05, 4.69) is 29.3 Å². The van der Waals surface area contributed by atoms with Crippen molar-refractivity contribution in [2.24, 2.45) is 10.7 Å². The summed E-state index contributed by atoms with van der Waals surface area (Å²) in [4.78, 5) is 17.7. The molecule has 0 saturated carbocycles. The molecule has 8 heteroatoms. The molecule has 0 aromatic carbocycles. The number of aromatic nitrogens is 1. The van der Waals surface area contributed by atoms with Crippen molar-refractivity contribution in [3.8, 4) is 0 Å². The number of guanidine groups is 1. The molecule has 1 aromatic heterocycles. The Labute approximate surface area is 142 Å². The number of nitrogens with zero attached hydrogens (tertiary/aromatic N) is 3. The van der Waals surface area contributed by atoms with E-state index in [0.29, 0.717) is 43.9 Å². The second kappa shape index (κ2) is 8.56. The maximum absolute atomic E-state index is 11.7. The molecule has 3 N–H and O–H groups in total. The zero-order valence-corrected chi connectivity index (χ0v) is 14.6. The summed E-state index contributed by atoms with van der Waals surface area (Å²) >= 11 is 0. The summed E-state index contributed by atoms with van der Waals surface area (Å²) in [6.45, 7) is 8.00. The van der Waals surface area contributed by atoms with Crippen LogP contribution in [-0.4, -0.2) is 47.8 Å². The Bertz CT molecular complexity index is 562. The summed E-state index contributed by atoms with van der Waals surface area (Å²) in [6.07, 6.45) is 1.38. The minimum Gasteiger partial charge on any atom is -0.450 e.